The van der Waals surface area contributed by atoms with Crippen LogP contribution in [0.25, 0.3) is 73.4 Å². The lowest BCUT2D eigenvalue weighted by Gasteiger charge is -2.15. The fourth-order valence-electron chi connectivity index (χ4n) is 6.22. The highest BCUT2D eigenvalue weighted by Crippen LogP contribution is 2.34. The van der Waals surface area contributed by atoms with Gasteiger partial charge in [-0.3, -0.25) is 4.98 Å². The molecule has 0 radical (unpaired) electrons. The van der Waals surface area contributed by atoms with Crippen molar-refractivity contribution in [3.8, 4) is 67.3 Å². The zero-order valence-corrected chi connectivity index (χ0v) is 25.3. The first-order valence-electron chi connectivity index (χ1n) is 15.7. The lowest BCUT2D eigenvalue weighted by molar-refractivity contribution is 0.986. The number of benzene rings is 5. The van der Waals surface area contributed by atoms with Gasteiger partial charge >= 0.3 is 0 Å². The van der Waals surface area contributed by atoms with Crippen molar-refractivity contribution in [2.75, 3.05) is 0 Å². The summed E-state index contributed by atoms with van der Waals surface area (Å²) < 4.78 is 0. The van der Waals surface area contributed by atoms with E-state index in [1.807, 2.05) is 18.3 Å². The number of pyridine rings is 1. The number of fused-ring (bicyclic) bond motifs is 1. The molecule has 1 aliphatic carbocycles. The molecule has 0 bridgehead atoms. The first-order valence-corrected chi connectivity index (χ1v) is 15.7. The summed E-state index contributed by atoms with van der Waals surface area (Å²) in [6.07, 6.45) is 10.4. The van der Waals surface area contributed by atoms with E-state index < -0.39 is 0 Å². The van der Waals surface area contributed by atoms with Crippen LogP contribution in [0, 0.1) is 0 Å². The Morgan fingerprint density at radius 1 is 0.457 bits per heavy atom. The molecule has 3 heteroatoms. The number of nitrogens with zero attached hydrogens (tertiary/aromatic N) is 3. The second-order valence-corrected chi connectivity index (χ2v) is 11.6. The Morgan fingerprint density at radius 2 is 1.04 bits per heavy atom. The van der Waals surface area contributed by atoms with E-state index in [-0.39, 0.29) is 0 Å². The van der Waals surface area contributed by atoms with Gasteiger partial charge in [0.2, 0.25) is 0 Å². The molecule has 46 heavy (non-hydrogen) atoms. The average molecular weight is 590 g/mol. The van der Waals surface area contributed by atoms with Gasteiger partial charge < -0.3 is 0 Å². The van der Waals surface area contributed by atoms with Crippen molar-refractivity contribution < 1.29 is 0 Å². The van der Waals surface area contributed by atoms with E-state index in [9.17, 15) is 0 Å². The predicted octanol–water partition coefficient (Wildman–Crippen LogP) is 10.8. The van der Waals surface area contributed by atoms with Gasteiger partial charge in [0.05, 0.1) is 11.4 Å². The summed E-state index contributed by atoms with van der Waals surface area (Å²) >= 11 is 0. The van der Waals surface area contributed by atoms with Crippen LogP contribution < -0.4 is 0 Å². The van der Waals surface area contributed by atoms with Crippen LogP contribution in [-0.2, 0) is 6.42 Å². The minimum atomic E-state index is 0.704. The normalized spacial score (nSPS) is 12.1. The predicted molar refractivity (Wildman–Crippen MR) is 190 cm³/mol. The molecule has 7 aromatic rings. The van der Waals surface area contributed by atoms with Crippen LogP contribution in [0.15, 0.2) is 158 Å². The van der Waals surface area contributed by atoms with E-state index in [2.05, 4.69) is 145 Å². The van der Waals surface area contributed by atoms with Crippen LogP contribution >= 0.6 is 0 Å². The zero-order chi connectivity index (χ0) is 30.7. The van der Waals surface area contributed by atoms with Crippen LogP contribution in [0.2, 0.25) is 0 Å². The van der Waals surface area contributed by atoms with Gasteiger partial charge in [0.1, 0.15) is 0 Å². The number of rotatable bonds is 6. The minimum Gasteiger partial charge on any atom is -0.264 e. The van der Waals surface area contributed by atoms with E-state index in [0.29, 0.717) is 5.82 Å². The van der Waals surface area contributed by atoms with Crippen LogP contribution in [0.4, 0.5) is 0 Å². The van der Waals surface area contributed by atoms with Gasteiger partial charge in [-0.2, -0.15) is 0 Å². The van der Waals surface area contributed by atoms with E-state index in [0.717, 1.165) is 52.0 Å². The zero-order valence-electron chi connectivity index (χ0n) is 25.3. The van der Waals surface area contributed by atoms with Gasteiger partial charge in [-0.05, 0) is 69.5 Å². The number of hydrogen-bond donors (Lipinski definition) is 0. The maximum atomic E-state index is 5.11. The molecule has 0 N–H and O–H groups in total. The summed E-state index contributed by atoms with van der Waals surface area (Å²) in [6, 6.07) is 49.1. The molecular formula is C43H31N3. The SMILES string of the molecule is C1=Cc2c(cccc2-c2ccc(-c3cc(-c4ccc(-c5cccnc5)cc4)nc(-c4ccc(-c5ccccc5)cc4)n3)cc2)CC1. The molecule has 0 amide bonds. The van der Waals surface area contributed by atoms with E-state index in [4.69, 9.17) is 9.97 Å². The van der Waals surface area contributed by atoms with E-state index in [1.165, 1.54) is 33.4 Å². The first-order chi connectivity index (χ1) is 22.8. The smallest absolute Gasteiger partial charge is 0.160 e. The third-order valence-electron chi connectivity index (χ3n) is 8.70. The van der Waals surface area contributed by atoms with E-state index >= 15 is 0 Å². The molecule has 0 unspecified atom stereocenters. The van der Waals surface area contributed by atoms with Crippen molar-refractivity contribution >= 4 is 6.08 Å². The first kappa shape index (κ1) is 27.6. The number of aromatic nitrogens is 3. The van der Waals surface area contributed by atoms with Gasteiger partial charge in [-0.25, -0.2) is 9.97 Å². The quantitative estimate of drug-likeness (QED) is 0.194. The lowest BCUT2D eigenvalue weighted by Crippen LogP contribution is -1.97. The van der Waals surface area contributed by atoms with Crippen molar-refractivity contribution in [2.45, 2.75) is 12.8 Å². The third kappa shape index (κ3) is 5.55. The molecule has 218 valence electrons. The van der Waals surface area contributed by atoms with Gasteiger partial charge in [0.25, 0.3) is 0 Å². The summed E-state index contributed by atoms with van der Waals surface area (Å²) in [5.41, 5.74) is 14.7. The number of hydrogen-bond acceptors (Lipinski definition) is 3. The Labute approximate surface area is 269 Å². The molecular weight excluding hydrogens is 558 g/mol. The molecule has 2 aromatic heterocycles. The summed E-state index contributed by atoms with van der Waals surface area (Å²) in [7, 11) is 0. The Hall–Kier alpha value is -5.93. The van der Waals surface area contributed by atoms with Gasteiger partial charge in [-0.15, -0.1) is 0 Å². The van der Waals surface area contributed by atoms with Crippen molar-refractivity contribution in [1.82, 2.24) is 15.0 Å². The highest BCUT2D eigenvalue weighted by Gasteiger charge is 2.14. The highest BCUT2D eigenvalue weighted by atomic mass is 14.9. The summed E-state index contributed by atoms with van der Waals surface area (Å²) in [6.45, 7) is 0. The second-order valence-electron chi connectivity index (χ2n) is 11.6. The fourth-order valence-corrected chi connectivity index (χ4v) is 6.22. The standard InChI is InChI=1S/C43H31N3/c1-2-8-30(9-3-1)31-17-25-37(26-18-31)43-45-41(35-21-15-32(16-22-35)38-12-7-27-44-29-38)28-42(46-43)36-23-19-34(20-24-36)40-14-6-11-33-10-4-5-13-39(33)40/h1-3,5-9,11-29H,4,10H2. The maximum absolute atomic E-state index is 5.11. The summed E-state index contributed by atoms with van der Waals surface area (Å²) in [4.78, 5) is 14.5. The Morgan fingerprint density at radius 3 is 1.72 bits per heavy atom. The molecule has 0 spiro atoms. The topological polar surface area (TPSA) is 38.7 Å². The molecule has 0 fully saturated rings. The number of aryl methyl sites for hydroxylation is 1. The van der Waals surface area contributed by atoms with Gasteiger partial charge in [0.15, 0.2) is 5.82 Å². The molecule has 0 atom stereocenters. The van der Waals surface area contributed by atoms with E-state index in [1.54, 1.807) is 6.20 Å². The molecule has 0 saturated carbocycles. The Bertz CT molecular complexity index is 2050. The molecule has 8 rings (SSSR count). The molecule has 1 aliphatic rings. The Kier molecular flexibility index (Phi) is 7.33. The van der Waals surface area contributed by atoms with Crippen LogP contribution in [0.1, 0.15) is 17.5 Å². The molecule has 3 nitrogen and oxygen atoms in total. The molecule has 2 heterocycles. The Balaban J connectivity index is 1.19. The number of allylic oxidation sites excluding steroid dienone is 1. The largest absolute Gasteiger partial charge is 0.264 e. The van der Waals surface area contributed by atoms with Crippen LogP contribution in [-0.4, -0.2) is 15.0 Å². The van der Waals surface area contributed by atoms with Gasteiger partial charge in [0, 0.05) is 29.1 Å². The summed E-state index contributed by atoms with van der Waals surface area (Å²) in [5.74, 6) is 0.704. The van der Waals surface area contributed by atoms with Crippen LogP contribution in [0.3, 0.4) is 0 Å². The monoisotopic (exact) mass is 589 g/mol. The summed E-state index contributed by atoms with van der Waals surface area (Å²) in [5, 5.41) is 0. The van der Waals surface area contributed by atoms with Gasteiger partial charge in [-0.1, -0.05) is 140 Å². The van der Waals surface area contributed by atoms with Crippen LogP contribution in [0.5, 0.6) is 0 Å². The highest BCUT2D eigenvalue weighted by molar-refractivity contribution is 5.80. The molecule has 0 aliphatic heterocycles. The van der Waals surface area contributed by atoms with Crippen molar-refractivity contribution in [2.24, 2.45) is 0 Å². The lowest BCUT2D eigenvalue weighted by atomic mass is 9.89. The maximum Gasteiger partial charge on any atom is 0.160 e. The molecule has 0 saturated heterocycles. The third-order valence-corrected chi connectivity index (χ3v) is 8.70. The van der Waals surface area contributed by atoms with Crippen molar-refractivity contribution in [1.29, 1.82) is 0 Å². The average Bonchev–Trinajstić information content (AvgIpc) is 3.15. The minimum absolute atomic E-state index is 0.704. The molecule has 5 aromatic carbocycles. The fraction of sp³-hybridized carbons (Fsp3) is 0.0465. The van der Waals surface area contributed by atoms with Crippen molar-refractivity contribution in [3.63, 3.8) is 0 Å². The second kappa shape index (κ2) is 12.2. The van der Waals surface area contributed by atoms with Crippen molar-refractivity contribution in [3.05, 3.63) is 169 Å².